The molecule has 0 aliphatic heterocycles. The van der Waals surface area contributed by atoms with Crippen LogP contribution in [0.25, 0.3) is 10.6 Å². The van der Waals surface area contributed by atoms with Gasteiger partial charge >= 0.3 is 0 Å². The monoisotopic (exact) mass is 374 g/mol. The maximum atomic E-state index is 13.9. The lowest BCUT2D eigenvalue weighted by molar-refractivity contribution is 0.0788. The van der Waals surface area contributed by atoms with E-state index in [0.717, 1.165) is 10.6 Å². The molecule has 0 radical (unpaired) electrons. The van der Waals surface area contributed by atoms with Crippen molar-refractivity contribution in [2.45, 2.75) is 13.5 Å². The molecule has 0 saturated heterocycles. The Bertz CT molecular complexity index is 891. The zero-order valence-corrected chi connectivity index (χ0v) is 15.4. The van der Waals surface area contributed by atoms with Crippen LogP contribution in [0.2, 0.25) is 5.02 Å². The van der Waals surface area contributed by atoms with Crippen molar-refractivity contribution in [2.24, 2.45) is 0 Å². The first kappa shape index (κ1) is 17.6. The van der Waals surface area contributed by atoms with E-state index < -0.39 is 5.82 Å². The Morgan fingerprint density at radius 3 is 2.60 bits per heavy atom. The highest BCUT2D eigenvalue weighted by molar-refractivity contribution is 7.17. The predicted octanol–water partition coefficient (Wildman–Crippen LogP) is 5.18. The molecule has 0 bridgehead atoms. The second kappa shape index (κ2) is 7.33. The molecule has 1 heterocycles. The average molecular weight is 375 g/mol. The molecule has 0 unspecified atom stereocenters. The summed E-state index contributed by atoms with van der Waals surface area (Å²) in [5, 5.41) is 1.10. The van der Waals surface area contributed by atoms with Crippen molar-refractivity contribution in [2.75, 3.05) is 7.05 Å². The second-order valence-electron chi connectivity index (χ2n) is 5.66. The molecule has 0 atom stereocenters. The summed E-state index contributed by atoms with van der Waals surface area (Å²) in [6.45, 7) is 1.91. The van der Waals surface area contributed by atoms with Gasteiger partial charge in [0.25, 0.3) is 5.91 Å². The second-order valence-corrected chi connectivity index (χ2v) is 7.07. The van der Waals surface area contributed by atoms with E-state index in [1.807, 2.05) is 30.3 Å². The Morgan fingerprint density at radius 2 is 1.92 bits per heavy atom. The smallest absolute Gasteiger partial charge is 0.265 e. The third kappa shape index (κ3) is 3.72. The van der Waals surface area contributed by atoms with E-state index in [1.165, 1.54) is 22.3 Å². The van der Waals surface area contributed by atoms with Crippen molar-refractivity contribution in [3.8, 4) is 10.6 Å². The maximum absolute atomic E-state index is 13.9. The number of benzene rings is 2. The highest BCUT2D eigenvalue weighted by atomic mass is 35.5. The molecule has 128 valence electrons. The number of halogens is 2. The fourth-order valence-corrected chi connectivity index (χ4v) is 3.75. The molecule has 3 nitrogen and oxygen atoms in total. The molecule has 0 aliphatic carbocycles. The number of nitrogens with zero attached hydrogens (tertiary/aromatic N) is 2. The topological polar surface area (TPSA) is 33.2 Å². The van der Waals surface area contributed by atoms with Crippen LogP contribution in [0.4, 0.5) is 4.39 Å². The normalized spacial score (nSPS) is 10.7. The Balaban J connectivity index is 1.85. The number of carbonyl (C=O) groups excluding carboxylic acids is 1. The molecule has 1 amide bonds. The van der Waals surface area contributed by atoms with E-state index in [9.17, 15) is 9.18 Å². The first-order valence-corrected chi connectivity index (χ1v) is 8.88. The van der Waals surface area contributed by atoms with Crippen LogP contribution in [0, 0.1) is 12.7 Å². The van der Waals surface area contributed by atoms with Crippen molar-refractivity contribution in [1.29, 1.82) is 0 Å². The SMILES string of the molecule is Cc1nc(-c2ccccc2)sc1C(=O)N(C)Cc1c(F)cccc1Cl. The van der Waals surface area contributed by atoms with E-state index in [1.54, 1.807) is 26.1 Å². The van der Waals surface area contributed by atoms with E-state index in [0.29, 0.717) is 21.2 Å². The van der Waals surface area contributed by atoms with Crippen molar-refractivity contribution in [1.82, 2.24) is 9.88 Å². The van der Waals surface area contributed by atoms with Gasteiger partial charge in [-0.25, -0.2) is 9.37 Å². The van der Waals surface area contributed by atoms with E-state index >= 15 is 0 Å². The largest absolute Gasteiger partial charge is 0.336 e. The standard InChI is InChI=1S/C19H16ClFN2OS/c1-12-17(25-18(22-12)13-7-4-3-5-8-13)19(24)23(2)11-14-15(20)9-6-10-16(14)21/h3-10H,11H2,1-2H3. The van der Waals surface area contributed by atoms with Crippen LogP contribution in [-0.2, 0) is 6.54 Å². The van der Waals surface area contributed by atoms with Gasteiger partial charge in [-0.3, -0.25) is 4.79 Å². The summed E-state index contributed by atoms with van der Waals surface area (Å²) < 4.78 is 13.9. The Morgan fingerprint density at radius 1 is 1.20 bits per heavy atom. The predicted molar refractivity (Wildman–Crippen MR) is 99.5 cm³/mol. The molecule has 25 heavy (non-hydrogen) atoms. The van der Waals surface area contributed by atoms with Crippen LogP contribution < -0.4 is 0 Å². The van der Waals surface area contributed by atoms with Crippen LogP contribution >= 0.6 is 22.9 Å². The third-order valence-corrected chi connectivity index (χ3v) is 5.36. The van der Waals surface area contributed by atoms with Gasteiger partial charge < -0.3 is 4.90 Å². The summed E-state index contributed by atoms with van der Waals surface area (Å²) >= 11 is 7.39. The number of aryl methyl sites for hydroxylation is 1. The highest BCUT2D eigenvalue weighted by Crippen LogP contribution is 2.29. The number of hydrogen-bond donors (Lipinski definition) is 0. The van der Waals surface area contributed by atoms with Crippen molar-refractivity contribution in [3.05, 3.63) is 75.5 Å². The lowest BCUT2D eigenvalue weighted by atomic mass is 10.2. The number of hydrogen-bond acceptors (Lipinski definition) is 3. The molecular weight excluding hydrogens is 359 g/mol. The van der Waals surface area contributed by atoms with Crippen molar-refractivity contribution >= 4 is 28.8 Å². The molecule has 0 fully saturated rings. The Kier molecular flexibility index (Phi) is 5.16. The molecule has 0 N–H and O–H groups in total. The third-order valence-electron chi connectivity index (χ3n) is 3.82. The first-order valence-electron chi connectivity index (χ1n) is 7.68. The fourth-order valence-electron chi connectivity index (χ4n) is 2.46. The Labute approximate surface area is 154 Å². The molecule has 0 saturated carbocycles. The number of aromatic nitrogens is 1. The molecular formula is C19H16ClFN2OS. The minimum absolute atomic E-state index is 0.0996. The van der Waals surface area contributed by atoms with Crippen LogP contribution in [0.3, 0.4) is 0 Å². The lowest BCUT2D eigenvalue weighted by Gasteiger charge is -2.17. The number of thiazole rings is 1. The molecule has 0 aliphatic rings. The van der Waals surface area contributed by atoms with Crippen molar-refractivity contribution < 1.29 is 9.18 Å². The molecule has 3 rings (SSSR count). The van der Waals surface area contributed by atoms with Gasteiger partial charge in [-0.2, -0.15) is 0 Å². The van der Waals surface area contributed by atoms with Crippen molar-refractivity contribution in [3.63, 3.8) is 0 Å². The van der Waals surface area contributed by atoms with Gasteiger partial charge in [0, 0.05) is 23.2 Å². The van der Waals surface area contributed by atoms with Gasteiger partial charge in [-0.1, -0.05) is 48.0 Å². The van der Waals surface area contributed by atoms with E-state index in [-0.39, 0.29) is 12.5 Å². The zero-order valence-electron chi connectivity index (χ0n) is 13.8. The Hall–Kier alpha value is -2.24. The summed E-state index contributed by atoms with van der Waals surface area (Å²) in [4.78, 5) is 19.3. The summed E-state index contributed by atoms with van der Waals surface area (Å²) in [5.74, 6) is -0.616. The number of rotatable bonds is 4. The zero-order chi connectivity index (χ0) is 18.0. The van der Waals surface area contributed by atoms with Gasteiger partial charge in [-0.05, 0) is 19.1 Å². The summed E-state index contributed by atoms with van der Waals surface area (Å²) in [7, 11) is 1.63. The quantitative estimate of drug-likeness (QED) is 0.630. The number of carbonyl (C=O) groups is 1. The van der Waals surface area contributed by atoms with Crippen LogP contribution in [-0.4, -0.2) is 22.8 Å². The fraction of sp³-hybridized carbons (Fsp3) is 0.158. The van der Waals surface area contributed by atoms with Gasteiger partial charge in [-0.15, -0.1) is 11.3 Å². The molecule has 0 spiro atoms. The maximum Gasteiger partial charge on any atom is 0.265 e. The van der Waals surface area contributed by atoms with Gasteiger partial charge in [0.2, 0.25) is 0 Å². The van der Waals surface area contributed by atoms with Crippen LogP contribution in [0.15, 0.2) is 48.5 Å². The van der Waals surface area contributed by atoms with Gasteiger partial charge in [0.1, 0.15) is 15.7 Å². The van der Waals surface area contributed by atoms with Crippen LogP contribution in [0.5, 0.6) is 0 Å². The molecule has 1 aromatic heterocycles. The lowest BCUT2D eigenvalue weighted by Crippen LogP contribution is -2.26. The summed E-state index contributed by atoms with van der Waals surface area (Å²) in [6, 6.07) is 14.2. The summed E-state index contributed by atoms with van der Waals surface area (Å²) in [5.41, 5.74) is 1.94. The minimum Gasteiger partial charge on any atom is -0.336 e. The molecule has 3 aromatic rings. The average Bonchev–Trinajstić information content (AvgIpc) is 3.00. The number of amides is 1. The van der Waals surface area contributed by atoms with E-state index in [4.69, 9.17) is 11.6 Å². The minimum atomic E-state index is -0.418. The molecule has 6 heteroatoms. The van der Waals surface area contributed by atoms with Gasteiger partial charge in [0.05, 0.1) is 12.2 Å². The molecule has 2 aromatic carbocycles. The van der Waals surface area contributed by atoms with E-state index in [2.05, 4.69) is 4.98 Å². The highest BCUT2D eigenvalue weighted by Gasteiger charge is 2.21. The first-order chi connectivity index (χ1) is 12.0. The summed E-state index contributed by atoms with van der Waals surface area (Å²) in [6.07, 6.45) is 0. The van der Waals surface area contributed by atoms with Crippen LogP contribution in [0.1, 0.15) is 20.9 Å². The van der Waals surface area contributed by atoms with Gasteiger partial charge in [0.15, 0.2) is 0 Å².